The molecule has 0 aliphatic heterocycles. The van der Waals surface area contributed by atoms with Gasteiger partial charge in [0.05, 0.1) is 22.1 Å². The third kappa shape index (κ3) is 2.41. The van der Waals surface area contributed by atoms with E-state index in [1.54, 1.807) is 0 Å². The highest BCUT2D eigenvalue weighted by Gasteiger charge is 2.14. The summed E-state index contributed by atoms with van der Waals surface area (Å²) in [6.07, 6.45) is 0. The van der Waals surface area contributed by atoms with Gasteiger partial charge < -0.3 is 4.57 Å². The van der Waals surface area contributed by atoms with Crippen LogP contribution in [0.3, 0.4) is 0 Å². The summed E-state index contributed by atoms with van der Waals surface area (Å²) in [5.74, 6) is 0.969. The molecule has 6 aromatic rings. The monoisotopic (exact) mass is 373 g/mol. The normalized spacial score (nSPS) is 11.6. The first kappa shape index (κ1) is 16.1. The minimum absolute atomic E-state index is 0.969. The number of para-hydroxylation sites is 2. The maximum Gasteiger partial charge on any atom is 0.215 e. The van der Waals surface area contributed by atoms with Crippen molar-refractivity contribution in [2.45, 2.75) is 0 Å². The Morgan fingerprint density at radius 1 is 0.552 bits per heavy atom. The molecule has 0 atom stereocenters. The van der Waals surface area contributed by atoms with Crippen molar-refractivity contribution in [1.29, 1.82) is 0 Å². The predicted molar refractivity (Wildman–Crippen MR) is 120 cm³/mol. The number of fused-ring (bicyclic) bond motifs is 5. The molecule has 0 saturated carbocycles. The lowest BCUT2D eigenvalue weighted by Crippen LogP contribution is -1.88. The van der Waals surface area contributed by atoms with E-state index in [0.29, 0.717) is 0 Å². The molecule has 2 heterocycles. The van der Waals surface area contributed by atoms with Gasteiger partial charge in [-0.1, -0.05) is 66.7 Å². The average Bonchev–Trinajstić information content (AvgIpc) is 3.30. The SMILES string of the molecule is Cn1c2ccc(-c3cccc(-c4ccccc4)c3)cc2n2c3ccccc3nc12. The summed E-state index contributed by atoms with van der Waals surface area (Å²) in [5.41, 5.74) is 9.42. The molecule has 6 rings (SSSR count). The summed E-state index contributed by atoms with van der Waals surface area (Å²) in [5, 5.41) is 0. The minimum atomic E-state index is 0.969. The van der Waals surface area contributed by atoms with Crippen molar-refractivity contribution in [3.8, 4) is 22.3 Å². The van der Waals surface area contributed by atoms with E-state index >= 15 is 0 Å². The van der Waals surface area contributed by atoms with Crippen LogP contribution in [-0.4, -0.2) is 14.0 Å². The van der Waals surface area contributed by atoms with Crippen LogP contribution >= 0.6 is 0 Å². The largest absolute Gasteiger partial charge is 0.313 e. The molecule has 0 unspecified atom stereocenters. The van der Waals surface area contributed by atoms with Crippen LogP contribution < -0.4 is 0 Å². The van der Waals surface area contributed by atoms with E-state index in [0.717, 1.165) is 16.8 Å². The molecule has 3 heteroatoms. The second-order valence-corrected chi connectivity index (χ2v) is 7.45. The Labute approximate surface area is 168 Å². The Morgan fingerprint density at radius 2 is 1.24 bits per heavy atom. The van der Waals surface area contributed by atoms with Gasteiger partial charge in [-0.25, -0.2) is 4.98 Å². The first-order chi connectivity index (χ1) is 14.3. The molecule has 0 saturated heterocycles. The van der Waals surface area contributed by atoms with E-state index in [-0.39, 0.29) is 0 Å². The lowest BCUT2D eigenvalue weighted by molar-refractivity contribution is 0.974. The Kier molecular flexibility index (Phi) is 3.38. The maximum atomic E-state index is 4.83. The molecule has 0 fully saturated rings. The second kappa shape index (κ2) is 6.08. The smallest absolute Gasteiger partial charge is 0.215 e. The summed E-state index contributed by atoms with van der Waals surface area (Å²) in [7, 11) is 2.08. The van der Waals surface area contributed by atoms with Gasteiger partial charge in [-0.05, 0) is 52.6 Å². The van der Waals surface area contributed by atoms with Gasteiger partial charge in [-0.2, -0.15) is 0 Å². The number of hydrogen-bond donors (Lipinski definition) is 0. The molecule has 0 N–H and O–H groups in total. The van der Waals surface area contributed by atoms with Crippen LogP contribution in [0.4, 0.5) is 0 Å². The van der Waals surface area contributed by atoms with Gasteiger partial charge in [0.1, 0.15) is 0 Å². The highest BCUT2D eigenvalue weighted by atomic mass is 15.2. The second-order valence-electron chi connectivity index (χ2n) is 7.45. The van der Waals surface area contributed by atoms with Crippen molar-refractivity contribution in [3.63, 3.8) is 0 Å². The molecule has 0 aliphatic carbocycles. The summed E-state index contributed by atoms with van der Waals surface area (Å²) < 4.78 is 4.43. The van der Waals surface area contributed by atoms with E-state index in [2.05, 4.69) is 107 Å². The van der Waals surface area contributed by atoms with E-state index in [1.807, 2.05) is 6.07 Å². The fourth-order valence-corrected chi connectivity index (χ4v) is 4.26. The molecule has 138 valence electrons. The zero-order chi connectivity index (χ0) is 19.4. The topological polar surface area (TPSA) is 22.2 Å². The lowest BCUT2D eigenvalue weighted by atomic mass is 9.99. The maximum absolute atomic E-state index is 4.83. The first-order valence-electron chi connectivity index (χ1n) is 9.81. The summed E-state index contributed by atoms with van der Waals surface area (Å²) >= 11 is 0. The van der Waals surface area contributed by atoms with Crippen LogP contribution in [0.2, 0.25) is 0 Å². The van der Waals surface area contributed by atoms with Gasteiger partial charge in [0.25, 0.3) is 0 Å². The molecule has 0 amide bonds. The van der Waals surface area contributed by atoms with Crippen LogP contribution in [0.15, 0.2) is 97.1 Å². The van der Waals surface area contributed by atoms with Gasteiger partial charge in [0, 0.05) is 7.05 Å². The molecular weight excluding hydrogens is 354 g/mol. The molecule has 0 spiro atoms. The van der Waals surface area contributed by atoms with Crippen molar-refractivity contribution in [3.05, 3.63) is 97.1 Å². The number of aryl methyl sites for hydroxylation is 1. The third-order valence-electron chi connectivity index (χ3n) is 5.72. The standard InChI is InChI=1S/C26H19N3/c1-28-24-15-14-21(20-11-7-10-19(16-20)18-8-3-2-4-9-18)17-25(24)29-23-13-6-5-12-22(23)27-26(28)29/h2-17H,1H3. The molecule has 4 aromatic carbocycles. The Bertz CT molecular complexity index is 1500. The minimum Gasteiger partial charge on any atom is -0.313 e. The Morgan fingerprint density at radius 3 is 2.10 bits per heavy atom. The Balaban J connectivity index is 1.59. The number of hydrogen-bond acceptors (Lipinski definition) is 1. The molecule has 2 aromatic heterocycles. The average molecular weight is 373 g/mol. The van der Waals surface area contributed by atoms with E-state index in [1.165, 1.54) is 33.3 Å². The molecule has 0 aliphatic rings. The fraction of sp³-hybridized carbons (Fsp3) is 0.0385. The van der Waals surface area contributed by atoms with Gasteiger partial charge in [-0.15, -0.1) is 0 Å². The molecule has 3 nitrogen and oxygen atoms in total. The number of imidazole rings is 2. The number of rotatable bonds is 2. The molecular formula is C26H19N3. The summed E-state index contributed by atoms with van der Waals surface area (Å²) in [6.45, 7) is 0. The third-order valence-corrected chi connectivity index (χ3v) is 5.72. The van der Waals surface area contributed by atoms with Crippen LogP contribution in [0.1, 0.15) is 0 Å². The highest BCUT2D eigenvalue weighted by Crippen LogP contribution is 2.31. The van der Waals surface area contributed by atoms with Gasteiger partial charge in [-0.3, -0.25) is 4.40 Å². The van der Waals surface area contributed by atoms with Gasteiger partial charge >= 0.3 is 0 Å². The number of nitrogens with zero attached hydrogens (tertiary/aromatic N) is 3. The van der Waals surface area contributed by atoms with Crippen molar-refractivity contribution < 1.29 is 0 Å². The summed E-state index contributed by atoms with van der Waals surface area (Å²) in [6, 6.07) is 34.3. The van der Waals surface area contributed by atoms with Crippen molar-refractivity contribution in [1.82, 2.24) is 14.0 Å². The zero-order valence-electron chi connectivity index (χ0n) is 16.1. The first-order valence-corrected chi connectivity index (χ1v) is 9.81. The Hall–Kier alpha value is -3.85. The fourth-order valence-electron chi connectivity index (χ4n) is 4.26. The van der Waals surface area contributed by atoms with Crippen molar-refractivity contribution >= 4 is 27.8 Å². The quantitative estimate of drug-likeness (QED) is 0.348. The number of benzene rings is 4. The molecule has 0 radical (unpaired) electrons. The molecule has 0 bridgehead atoms. The zero-order valence-corrected chi connectivity index (χ0v) is 16.1. The predicted octanol–water partition coefficient (Wildman–Crippen LogP) is 6.31. The van der Waals surface area contributed by atoms with Crippen LogP contribution in [0, 0.1) is 0 Å². The van der Waals surface area contributed by atoms with Crippen LogP contribution in [0.25, 0.3) is 50.1 Å². The van der Waals surface area contributed by atoms with Crippen LogP contribution in [-0.2, 0) is 7.05 Å². The number of aromatic nitrogens is 3. The molecule has 29 heavy (non-hydrogen) atoms. The van der Waals surface area contributed by atoms with Crippen molar-refractivity contribution in [2.75, 3.05) is 0 Å². The van der Waals surface area contributed by atoms with Crippen LogP contribution in [0.5, 0.6) is 0 Å². The van der Waals surface area contributed by atoms with Crippen molar-refractivity contribution in [2.24, 2.45) is 7.05 Å². The highest BCUT2D eigenvalue weighted by molar-refractivity contribution is 5.93. The van der Waals surface area contributed by atoms with E-state index in [4.69, 9.17) is 4.98 Å². The summed E-state index contributed by atoms with van der Waals surface area (Å²) in [4.78, 5) is 4.83. The van der Waals surface area contributed by atoms with E-state index < -0.39 is 0 Å². The lowest BCUT2D eigenvalue weighted by Gasteiger charge is -2.07. The van der Waals surface area contributed by atoms with Gasteiger partial charge in [0.15, 0.2) is 0 Å². The van der Waals surface area contributed by atoms with E-state index in [9.17, 15) is 0 Å². The van der Waals surface area contributed by atoms with Gasteiger partial charge in [0.2, 0.25) is 5.78 Å².